The minimum absolute atomic E-state index is 0.0424. The lowest BCUT2D eigenvalue weighted by Crippen LogP contribution is -2.49. The first-order valence-electron chi connectivity index (χ1n) is 9.24. The molecule has 1 aliphatic rings. The van der Waals surface area contributed by atoms with Gasteiger partial charge in [-0.1, -0.05) is 48.0 Å². The largest absolute Gasteiger partial charge is 0.352 e. The van der Waals surface area contributed by atoms with Gasteiger partial charge in [-0.2, -0.15) is 4.31 Å². The van der Waals surface area contributed by atoms with Crippen molar-refractivity contribution in [3.8, 4) is 0 Å². The highest BCUT2D eigenvalue weighted by Crippen LogP contribution is 2.17. The minimum Gasteiger partial charge on any atom is -0.352 e. The molecule has 2 aromatic carbocycles. The fourth-order valence-corrected chi connectivity index (χ4v) is 4.76. The summed E-state index contributed by atoms with van der Waals surface area (Å²) in [4.78, 5) is 14.5. The van der Waals surface area contributed by atoms with E-state index < -0.39 is 10.0 Å². The summed E-state index contributed by atoms with van der Waals surface area (Å²) < 4.78 is 26.8. The van der Waals surface area contributed by atoms with Gasteiger partial charge in [0.15, 0.2) is 0 Å². The molecule has 0 saturated carbocycles. The van der Waals surface area contributed by atoms with Crippen molar-refractivity contribution in [3.63, 3.8) is 0 Å². The van der Waals surface area contributed by atoms with Crippen LogP contribution in [-0.2, 0) is 21.4 Å². The normalized spacial score (nSPS) is 16.0. The average Bonchev–Trinajstić information content (AvgIpc) is 2.72. The van der Waals surface area contributed by atoms with E-state index in [1.54, 1.807) is 36.4 Å². The third-order valence-electron chi connectivity index (χ3n) is 4.80. The molecular weight excluding hydrogens is 398 g/mol. The van der Waals surface area contributed by atoms with E-state index in [4.69, 9.17) is 11.6 Å². The van der Waals surface area contributed by atoms with E-state index in [0.717, 1.165) is 5.56 Å². The Labute approximate surface area is 171 Å². The van der Waals surface area contributed by atoms with Crippen molar-refractivity contribution in [1.29, 1.82) is 0 Å². The van der Waals surface area contributed by atoms with Crippen LogP contribution in [-0.4, -0.2) is 56.3 Å². The average molecular weight is 422 g/mol. The number of amides is 1. The fraction of sp³-hybridized carbons (Fsp3) is 0.350. The summed E-state index contributed by atoms with van der Waals surface area (Å²) in [5.41, 5.74) is 0.886. The number of halogens is 1. The van der Waals surface area contributed by atoms with Crippen LogP contribution >= 0.6 is 11.6 Å². The molecule has 28 heavy (non-hydrogen) atoms. The van der Waals surface area contributed by atoms with Gasteiger partial charge < -0.3 is 10.2 Å². The summed E-state index contributed by atoms with van der Waals surface area (Å²) >= 11 is 6.09. The van der Waals surface area contributed by atoms with E-state index in [9.17, 15) is 13.2 Å². The first-order chi connectivity index (χ1) is 13.5. The Kier molecular flexibility index (Phi) is 7.07. The standard InChI is InChI=1S/C20H24ClN3O3S/c21-19-9-5-4-6-17(19)16-22-20(25)10-11-23-12-14-24(15-13-23)28(26,27)18-7-2-1-3-8-18/h1-9H,10-16H2,(H,22,25). The number of hydrogen-bond donors (Lipinski definition) is 1. The predicted octanol–water partition coefficient (Wildman–Crippen LogP) is 2.35. The quantitative estimate of drug-likeness (QED) is 0.745. The van der Waals surface area contributed by atoms with Crippen LogP contribution in [0.2, 0.25) is 5.02 Å². The second-order valence-electron chi connectivity index (χ2n) is 6.68. The molecule has 1 N–H and O–H groups in total. The Balaban J connectivity index is 1.42. The van der Waals surface area contributed by atoms with Gasteiger partial charge in [-0.3, -0.25) is 4.79 Å². The van der Waals surface area contributed by atoms with Gasteiger partial charge in [-0.05, 0) is 23.8 Å². The number of benzene rings is 2. The Morgan fingerprint density at radius 1 is 0.964 bits per heavy atom. The second kappa shape index (κ2) is 9.52. The molecule has 0 unspecified atom stereocenters. The highest BCUT2D eigenvalue weighted by molar-refractivity contribution is 7.89. The molecule has 1 saturated heterocycles. The first-order valence-corrected chi connectivity index (χ1v) is 11.1. The number of nitrogens with one attached hydrogen (secondary N) is 1. The molecule has 6 nitrogen and oxygen atoms in total. The van der Waals surface area contributed by atoms with E-state index in [-0.39, 0.29) is 5.91 Å². The summed E-state index contributed by atoms with van der Waals surface area (Å²) in [7, 11) is -3.45. The molecule has 3 rings (SSSR count). The lowest BCUT2D eigenvalue weighted by atomic mass is 10.2. The van der Waals surface area contributed by atoms with Gasteiger partial charge in [0.05, 0.1) is 4.90 Å². The Hall–Kier alpha value is -1.93. The Morgan fingerprint density at radius 2 is 1.61 bits per heavy atom. The van der Waals surface area contributed by atoms with Gasteiger partial charge in [0.25, 0.3) is 0 Å². The highest BCUT2D eigenvalue weighted by atomic mass is 35.5. The molecule has 0 atom stereocenters. The van der Waals surface area contributed by atoms with Crippen molar-refractivity contribution in [2.75, 3.05) is 32.7 Å². The van der Waals surface area contributed by atoms with Crippen molar-refractivity contribution < 1.29 is 13.2 Å². The van der Waals surface area contributed by atoms with Crippen molar-refractivity contribution in [2.24, 2.45) is 0 Å². The maximum Gasteiger partial charge on any atom is 0.243 e. The van der Waals surface area contributed by atoms with E-state index in [1.165, 1.54) is 4.31 Å². The lowest BCUT2D eigenvalue weighted by Gasteiger charge is -2.33. The first kappa shape index (κ1) is 20.8. The van der Waals surface area contributed by atoms with Gasteiger partial charge in [0, 0.05) is 50.7 Å². The number of nitrogens with zero attached hydrogens (tertiary/aromatic N) is 2. The molecule has 150 valence electrons. The van der Waals surface area contributed by atoms with Crippen molar-refractivity contribution in [1.82, 2.24) is 14.5 Å². The molecule has 2 aromatic rings. The maximum absolute atomic E-state index is 12.6. The monoisotopic (exact) mass is 421 g/mol. The zero-order chi connectivity index (χ0) is 20.0. The Morgan fingerprint density at radius 3 is 2.29 bits per heavy atom. The minimum atomic E-state index is -3.45. The number of carbonyl (C=O) groups excluding carboxylic acids is 1. The number of rotatable bonds is 7. The van der Waals surface area contributed by atoms with Crippen LogP contribution in [0, 0.1) is 0 Å². The van der Waals surface area contributed by atoms with Crippen LogP contribution in [0.15, 0.2) is 59.5 Å². The molecule has 0 radical (unpaired) electrons. The van der Waals surface area contributed by atoms with Gasteiger partial charge in [-0.25, -0.2) is 8.42 Å². The molecule has 0 spiro atoms. The third-order valence-corrected chi connectivity index (χ3v) is 7.08. The number of carbonyl (C=O) groups is 1. The van der Waals surface area contributed by atoms with Crippen LogP contribution in [0.25, 0.3) is 0 Å². The predicted molar refractivity (Wildman–Crippen MR) is 110 cm³/mol. The SMILES string of the molecule is O=C(CCN1CCN(S(=O)(=O)c2ccccc2)CC1)NCc1ccccc1Cl. The van der Waals surface area contributed by atoms with Crippen LogP contribution in [0.4, 0.5) is 0 Å². The maximum atomic E-state index is 12.6. The van der Waals surface area contributed by atoms with Gasteiger partial charge in [0.2, 0.25) is 15.9 Å². The molecule has 0 bridgehead atoms. The molecule has 8 heteroatoms. The van der Waals surface area contributed by atoms with Crippen LogP contribution in [0.5, 0.6) is 0 Å². The molecule has 1 fully saturated rings. The van der Waals surface area contributed by atoms with E-state index in [0.29, 0.717) is 55.6 Å². The summed E-state index contributed by atoms with van der Waals surface area (Å²) in [6.07, 6.45) is 0.371. The second-order valence-corrected chi connectivity index (χ2v) is 9.02. The number of hydrogen-bond acceptors (Lipinski definition) is 4. The smallest absolute Gasteiger partial charge is 0.243 e. The van der Waals surface area contributed by atoms with E-state index in [2.05, 4.69) is 10.2 Å². The molecular formula is C20H24ClN3O3S. The lowest BCUT2D eigenvalue weighted by molar-refractivity contribution is -0.121. The van der Waals surface area contributed by atoms with Crippen molar-refractivity contribution in [2.45, 2.75) is 17.9 Å². The van der Waals surface area contributed by atoms with E-state index >= 15 is 0 Å². The molecule has 0 aliphatic carbocycles. The fourth-order valence-electron chi connectivity index (χ4n) is 3.12. The zero-order valence-corrected chi connectivity index (χ0v) is 17.1. The van der Waals surface area contributed by atoms with Gasteiger partial charge >= 0.3 is 0 Å². The van der Waals surface area contributed by atoms with Crippen LogP contribution < -0.4 is 5.32 Å². The third kappa shape index (κ3) is 5.32. The molecule has 1 amide bonds. The molecule has 1 aliphatic heterocycles. The molecule has 0 aromatic heterocycles. The van der Waals surface area contributed by atoms with Crippen LogP contribution in [0.3, 0.4) is 0 Å². The Bertz CT molecular complexity index is 898. The van der Waals surface area contributed by atoms with Crippen LogP contribution in [0.1, 0.15) is 12.0 Å². The van der Waals surface area contributed by atoms with Gasteiger partial charge in [0.1, 0.15) is 0 Å². The van der Waals surface area contributed by atoms with Gasteiger partial charge in [-0.15, -0.1) is 0 Å². The van der Waals surface area contributed by atoms with E-state index in [1.807, 2.05) is 18.2 Å². The molecule has 1 heterocycles. The van der Waals surface area contributed by atoms with Crippen molar-refractivity contribution >= 4 is 27.5 Å². The summed E-state index contributed by atoms with van der Waals surface area (Å²) in [5, 5.41) is 3.52. The summed E-state index contributed by atoms with van der Waals surface area (Å²) in [6, 6.07) is 15.9. The summed E-state index contributed by atoms with van der Waals surface area (Å²) in [6.45, 7) is 3.10. The number of sulfonamides is 1. The topological polar surface area (TPSA) is 69.7 Å². The highest BCUT2D eigenvalue weighted by Gasteiger charge is 2.28. The number of piperazine rings is 1. The zero-order valence-electron chi connectivity index (χ0n) is 15.6. The summed E-state index contributed by atoms with van der Waals surface area (Å²) in [5.74, 6) is -0.0424. The van der Waals surface area contributed by atoms with Crippen molar-refractivity contribution in [3.05, 3.63) is 65.2 Å².